The molecule has 17 heavy (non-hydrogen) atoms. The zero-order valence-corrected chi connectivity index (χ0v) is 8.79. The molecule has 4 heteroatoms. The van der Waals surface area contributed by atoms with E-state index in [-0.39, 0.29) is 11.5 Å². The quantitative estimate of drug-likeness (QED) is 0.407. The van der Waals surface area contributed by atoms with Gasteiger partial charge in [-0.2, -0.15) is 0 Å². The van der Waals surface area contributed by atoms with Crippen LogP contribution in [0, 0.1) is 0 Å². The number of allylic oxidation sites excluding steroid dienone is 4. The molecule has 0 fully saturated rings. The summed E-state index contributed by atoms with van der Waals surface area (Å²) in [6, 6.07) is 7.72. The van der Waals surface area contributed by atoms with Gasteiger partial charge in [0.1, 0.15) is 0 Å². The van der Waals surface area contributed by atoms with Crippen LogP contribution in [0.2, 0.25) is 0 Å². The largest absolute Gasteiger partial charge is 0.289 e. The van der Waals surface area contributed by atoms with Crippen LogP contribution in [0.4, 0.5) is 0 Å². The van der Waals surface area contributed by atoms with Gasteiger partial charge in [-0.25, -0.2) is 0 Å². The number of nitrogens with zero attached hydrogens (tertiary/aromatic N) is 3. The number of ketones is 1. The topological polar surface area (TPSA) is 65.8 Å². The Bertz CT molecular complexity index is 674. The minimum Gasteiger partial charge on any atom is -0.289 e. The monoisotopic (exact) mass is 221 g/mol. The number of fused-ring (bicyclic) bond motifs is 3. The van der Waals surface area contributed by atoms with Crippen molar-refractivity contribution in [1.82, 2.24) is 0 Å². The summed E-state index contributed by atoms with van der Waals surface area (Å²) in [4.78, 5) is 14.4. The van der Waals surface area contributed by atoms with E-state index in [0.29, 0.717) is 5.57 Å². The third-order valence-electron chi connectivity index (χ3n) is 2.88. The van der Waals surface area contributed by atoms with E-state index < -0.39 is 0 Å². The summed E-state index contributed by atoms with van der Waals surface area (Å²) >= 11 is 0. The molecule has 80 valence electrons. The highest BCUT2D eigenvalue weighted by Crippen LogP contribution is 2.42. The van der Waals surface area contributed by atoms with Gasteiger partial charge in [-0.05, 0) is 16.7 Å². The van der Waals surface area contributed by atoms with E-state index >= 15 is 0 Å². The molecule has 1 aromatic rings. The number of carbonyl (C=O) groups is 1. The summed E-state index contributed by atoms with van der Waals surface area (Å²) in [6.07, 6.45) is 5.54. The van der Waals surface area contributed by atoms with E-state index in [1.54, 1.807) is 6.08 Å². The Morgan fingerprint density at radius 1 is 1.24 bits per heavy atom. The van der Waals surface area contributed by atoms with Crippen LogP contribution >= 0.6 is 0 Å². The van der Waals surface area contributed by atoms with Crippen LogP contribution in [-0.2, 0) is 4.79 Å². The van der Waals surface area contributed by atoms with Crippen molar-refractivity contribution in [3.05, 3.63) is 69.3 Å². The fourth-order valence-corrected chi connectivity index (χ4v) is 2.11. The Hall–Kier alpha value is -2.58. The molecule has 4 nitrogen and oxygen atoms in total. The third kappa shape index (κ3) is 1.25. The van der Waals surface area contributed by atoms with E-state index in [0.717, 1.165) is 16.7 Å². The fraction of sp³-hybridized carbons (Fsp3) is 0. The second-order valence-corrected chi connectivity index (χ2v) is 3.77. The second-order valence-electron chi connectivity index (χ2n) is 3.77. The smallest absolute Gasteiger partial charge is 0.196 e. The van der Waals surface area contributed by atoms with E-state index in [2.05, 4.69) is 10.0 Å². The number of benzene rings is 1. The van der Waals surface area contributed by atoms with Crippen LogP contribution in [0.1, 0.15) is 11.1 Å². The Labute approximate surface area is 97.2 Å². The summed E-state index contributed by atoms with van der Waals surface area (Å²) in [7, 11) is 0. The van der Waals surface area contributed by atoms with Crippen LogP contribution in [0.5, 0.6) is 0 Å². The third-order valence-corrected chi connectivity index (χ3v) is 2.88. The molecule has 3 rings (SSSR count). The molecule has 1 aromatic carbocycles. The van der Waals surface area contributed by atoms with E-state index in [9.17, 15) is 4.79 Å². The Kier molecular flexibility index (Phi) is 1.97. The summed E-state index contributed by atoms with van der Waals surface area (Å²) in [5.74, 6) is -0.181. The highest BCUT2D eigenvalue weighted by molar-refractivity contribution is 6.32. The standard InChI is InChI=1S/C13H7N3O/c14-16-15-12-11-9-6-2-1-4-8(9)5-3-7-10(11)13(12)17/h1-7H. The number of Topliss-reactive ketones (excluding diaryl/α,β-unsaturated/α-hetero) is 1. The molecule has 0 saturated carbocycles. The predicted octanol–water partition coefficient (Wildman–Crippen LogP) is 3.24. The number of azide groups is 1. The lowest BCUT2D eigenvalue weighted by Gasteiger charge is -2.23. The number of hydrogen-bond acceptors (Lipinski definition) is 2. The lowest BCUT2D eigenvalue weighted by atomic mass is 9.81. The Morgan fingerprint density at radius 3 is 2.88 bits per heavy atom. The van der Waals surface area contributed by atoms with Gasteiger partial charge < -0.3 is 0 Å². The predicted molar refractivity (Wildman–Crippen MR) is 64.6 cm³/mol. The molecule has 0 saturated heterocycles. The SMILES string of the molecule is [N-]=[N+]=NC1=C2C(=CC=Cc3ccccc32)C1=O. The molecule has 2 aliphatic carbocycles. The molecule has 0 amide bonds. The van der Waals surface area contributed by atoms with Gasteiger partial charge in [0.25, 0.3) is 0 Å². The van der Waals surface area contributed by atoms with Gasteiger partial charge in [0.05, 0.1) is 5.70 Å². The second kappa shape index (κ2) is 3.47. The van der Waals surface area contributed by atoms with Crippen LogP contribution in [0.25, 0.3) is 22.1 Å². The van der Waals surface area contributed by atoms with Crippen LogP contribution < -0.4 is 0 Å². The molecule has 2 aliphatic rings. The minimum absolute atomic E-state index is 0.181. The molecule has 0 unspecified atom stereocenters. The van der Waals surface area contributed by atoms with Gasteiger partial charge in [0.2, 0.25) is 0 Å². The molecule has 0 atom stereocenters. The van der Waals surface area contributed by atoms with Gasteiger partial charge in [0.15, 0.2) is 5.78 Å². The van der Waals surface area contributed by atoms with Crippen molar-refractivity contribution in [1.29, 1.82) is 0 Å². The highest BCUT2D eigenvalue weighted by Gasteiger charge is 2.34. The lowest BCUT2D eigenvalue weighted by molar-refractivity contribution is -0.112. The maximum atomic E-state index is 11.7. The van der Waals surface area contributed by atoms with Crippen LogP contribution in [0.15, 0.2) is 52.8 Å². The van der Waals surface area contributed by atoms with Gasteiger partial charge in [-0.1, -0.05) is 47.6 Å². The molecule has 0 N–H and O–H groups in total. The maximum absolute atomic E-state index is 11.7. The molecule has 0 bridgehead atoms. The summed E-state index contributed by atoms with van der Waals surface area (Å²) in [6.45, 7) is 0. The van der Waals surface area contributed by atoms with Crippen molar-refractivity contribution in [3.8, 4) is 0 Å². The van der Waals surface area contributed by atoms with Gasteiger partial charge in [-0.3, -0.25) is 4.79 Å². The van der Waals surface area contributed by atoms with Gasteiger partial charge in [0, 0.05) is 16.1 Å². The first-order valence-electron chi connectivity index (χ1n) is 5.15. The van der Waals surface area contributed by atoms with E-state index in [1.165, 1.54) is 0 Å². The molecule has 0 heterocycles. The summed E-state index contributed by atoms with van der Waals surface area (Å²) < 4.78 is 0. The molecular weight excluding hydrogens is 214 g/mol. The Balaban J connectivity index is 2.34. The summed E-state index contributed by atoms with van der Waals surface area (Å²) in [5.41, 5.74) is 12.0. The van der Waals surface area contributed by atoms with Crippen molar-refractivity contribution in [2.75, 3.05) is 0 Å². The van der Waals surface area contributed by atoms with Crippen molar-refractivity contribution in [3.63, 3.8) is 0 Å². The Morgan fingerprint density at radius 2 is 2.06 bits per heavy atom. The zero-order valence-electron chi connectivity index (χ0n) is 8.79. The van der Waals surface area contributed by atoms with E-state index in [1.807, 2.05) is 36.4 Å². The average molecular weight is 221 g/mol. The van der Waals surface area contributed by atoms with Crippen molar-refractivity contribution < 1.29 is 4.79 Å². The number of hydrogen-bond donors (Lipinski definition) is 0. The van der Waals surface area contributed by atoms with Crippen molar-refractivity contribution in [2.24, 2.45) is 5.11 Å². The molecule has 0 spiro atoms. The average Bonchev–Trinajstić information content (AvgIpc) is 2.53. The van der Waals surface area contributed by atoms with Crippen molar-refractivity contribution >= 4 is 17.4 Å². The lowest BCUT2D eigenvalue weighted by Crippen LogP contribution is -2.19. The first-order chi connectivity index (χ1) is 8.33. The zero-order chi connectivity index (χ0) is 11.8. The van der Waals surface area contributed by atoms with Crippen LogP contribution in [-0.4, -0.2) is 5.78 Å². The minimum atomic E-state index is -0.181. The molecule has 0 aromatic heterocycles. The molecule has 0 aliphatic heterocycles. The molecule has 0 radical (unpaired) electrons. The van der Waals surface area contributed by atoms with Crippen LogP contribution in [0.3, 0.4) is 0 Å². The first-order valence-corrected chi connectivity index (χ1v) is 5.15. The normalized spacial score (nSPS) is 16.2. The molecular formula is C13H7N3O. The number of rotatable bonds is 1. The van der Waals surface area contributed by atoms with Crippen molar-refractivity contribution in [2.45, 2.75) is 0 Å². The van der Waals surface area contributed by atoms with E-state index in [4.69, 9.17) is 5.53 Å². The fourth-order valence-electron chi connectivity index (χ4n) is 2.11. The van der Waals surface area contributed by atoms with Gasteiger partial charge >= 0.3 is 0 Å². The summed E-state index contributed by atoms with van der Waals surface area (Å²) in [5, 5.41) is 3.48. The van der Waals surface area contributed by atoms with Gasteiger partial charge in [-0.15, -0.1) is 0 Å². The highest BCUT2D eigenvalue weighted by atomic mass is 16.1. The first kappa shape index (κ1) is 9.63. The number of carbonyl (C=O) groups excluding carboxylic acids is 1. The maximum Gasteiger partial charge on any atom is 0.196 e.